The van der Waals surface area contributed by atoms with Gasteiger partial charge >= 0.3 is 0 Å². The number of rotatable bonds is 5. The van der Waals surface area contributed by atoms with Gasteiger partial charge in [0.25, 0.3) is 0 Å². The van der Waals surface area contributed by atoms with E-state index >= 15 is 0 Å². The fourth-order valence-electron chi connectivity index (χ4n) is 1.31. The summed E-state index contributed by atoms with van der Waals surface area (Å²) in [4.78, 5) is 4.49. The summed E-state index contributed by atoms with van der Waals surface area (Å²) in [5.41, 5.74) is 6.38. The van der Waals surface area contributed by atoms with Crippen molar-refractivity contribution in [1.29, 1.82) is 0 Å². The van der Waals surface area contributed by atoms with Gasteiger partial charge < -0.3 is 10.8 Å². The molecule has 0 radical (unpaired) electrons. The Hall–Kier alpha value is -0.340. The zero-order chi connectivity index (χ0) is 13.0. The van der Waals surface area contributed by atoms with Crippen molar-refractivity contribution >= 4 is 61.6 Å². The molecule has 1 aromatic heterocycles. The van der Waals surface area contributed by atoms with Crippen LogP contribution in [0.25, 0.3) is 10.2 Å². The van der Waals surface area contributed by atoms with Crippen molar-refractivity contribution < 1.29 is 5.11 Å². The molecule has 1 atom stereocenters. The maximum absolute atomic E-state index is 9.75. The minimum absolute atomic E-state index is 0.374. The fraction of sp³-hybridized carbons (Fsp3) is 0.273. The van der Waals surface area contributed by atoms with E-state index in [9.17, 15) is 5.11 Å². The quantitative estimate of drug-likeness (QED) is 0.653. The maximum atomic E-state index is 9.75. The van der Waals surface area contributed by atoms with Crippen molar-refractivity contribution in [3.05, 3.63) is 24.3 Å². The van der Waals surface area contributed by atoms with Crippen LogP contribution in [0.3, 0.4) is 0 Å². The van der Waals surface area contributed by atoms with E-state index in [1.54, 1.807) is 23.1 Å². The molecule has 0 aliphatic carbocycles. The van der Waals surface area contributed by atoms with Gasteiger partial charge in [0.05, 0.1) is 16.3 Å². The highest BCUT2D eigenvalue weighted by Gasteiger charge is 2.09. The summed E-state index contributed by atoms with van der Waals surface area (Å²) in [6, 6.07) is 8.03. The number of hydrogen-bond acceptors (Lipinski definition) is 6. The average Bonchev–Trinajstić information content (AvgIpc) is 2.76. The predicted molar refractivity (Wildman–Crippen MR) is 85.6 cm³/mol. The summed E-state index contributed by atoms with van der Waals surface area (Å²) in [7, 11) is 0. The third kappa shape index (κ3) is 4.10. The summed E-state index contributed by atoms with van der Waals surface area (Å²) in [6.45, 7) is 0. The van der Waals surface area contributed by atoms with E-state index in [1.807, 2.05) is 18.2 Å². The first-order valence-electron chi connectivity index (χ1n) is 5.24. The lowest BCUT2D eigenvalue weighted by Crippen LogP contribution is -2.16. The first-order chi connectivity index (χ1) is 8.65. The standard InChI is InChI=1S/C11H12N2OS4/c12-10(15)16-5-7(14)6-17-11-13-8-3-1-2-4-9(8)18-11/h1-4,7,14H,5-6H2,(H2,12,15). The molecule has 1 aromatic carbocycles. The Kier molecular flexibility index (Phi) is 5.25. The van der Waals surface area contributed by atoms with Gasteiger partial charge in [-0.05, 0) is 12.1 Å². The van der Waals surface area contributed by atoms with Gasteiger partial charge in [0.2, 0.25) is 0 Å². The summed E-state index contributed by atoms with van der Waals surface area (Å²) < 4.78 is 2.53. The van der Waals surface area contributed by atoms with Crippen molar-refractivity contribution in [3.8, 4) is 0 Å². The topological polar surface area (TPSA) is 59.1 Å². The third-order valence-corrected chi connectivity index (χ3v) is 5.61. The average molecular weight is 316 g/mol. The lowest BCUT2D eigenvalue weighted by molar-refractivity contribution is 0.225. The molecule has 0 saturated carbocycles. The number of aromatic nitrogens is 1. The Morgan fingerprint density at radius 2 is 2.22 bits per heavy atom. The van der Waals surface area contributed by atoms with Gasteiger partial charge in [-0.25, -0.2) is 4.98 Å². The molecule has 0 spiro atoms. The Morgan fingerprint density at radius 3 is 2.94 bits per heavy atom. The van der Waals surface area contributed by atoms with Crippen LogP contribution in [0, 0.1) is 0 Å². The van der Waals surface area contributed by atoms with E-state index < -0.39 is 6.10 Å². The van der Waals surface area contributed by atoms with Crippen LogP contribution in [0.1, 0.15) is 0 Å². The highest BCUT2D eigenvalue weighted by atomic mass is 32.2. The van der Waals surface area contributed by atoms with Crippen LogP contribution in [0.15, 0.2) is 28.6 Å². The van der Waals surface area contributed by atoms with E-state index in [2.05, 4.69) is 11.1 Å². The molecule has 0 amide bonds. The van der Waals surface area contributed by atoms with Crippen LogP contribution in [-0.4, -0.2) is 32.0 Å². The molecule has 0 bridgehead atoms. The minimum atomic E-state index is -0.423. The van der Waals surface area contributed by atoms with E-state index in [0.717, 1.165) is 9.86 Å². The van der Waals surface area contributed by atoms with Crippen molar-refractivity contribution in [2.45, 2.75) is 10.4 Å². The normalized spacial score (nSPS) is 12.7. The number of hydrogen-bond donors (Lipinski definition) is 2. The molecule has 0 aliphatic heterocycles. The molecule has 1 heterocycles. The number of aliphatic hydroxyl groups excluding tert-OH is 1. The van der Waals surface area contributed by atoms with Crippen LogP contribution in [0.5, 0.6) is 0 Å². The Morgan fingerprint density at radius 1 is 1.44 bits per heavy atom. The number of benzene rings is 1. The largest absolute Gasteiger partial charge is 0.391 e. The number of fused-ring (bicyclic) bond motifs is 1. The molecule has 3 N–H and O–H groups in total. The number of nitrogens with two attached hydrogens (primary N) is 1. The molecule has 2 aromatic rings. The molecule has 7 heteroatoms. The zero-order valence-electron chi connectivity index (χ0n) is 9.41. The number of nitrogens with zero attached hydrogens (tertiary/aromatic N) is 1. The van der Waals surface area contributed by atoms with Crippen LogP contribution in [-0.2, 0) is 0 Å². The smallest absolute Gasteiger partial charge is 0.151 e. The van der Waals surface area contributed by atoms with Gasteiger partial charge in [0.15, 0.2) is 4.34 Å². The molecule has 1 unspecified atom stereocenters. The second-order valence-corrected chi connectivity index (χ2v) is 7.60. The van der Waals surface area contributed by atoms with Crippen LogP contribution in [0.4, 0.5) is 0 Å². The number of thiazole rings is 1. The first kappa shape index (κ1) is 14.1. The molecule has 18 heavy (non-hydrogen) atoms. The summed E-state index contributed by atoms with van der Waals surface area (Å²) in [6.07, 6.45) is -0.423. The van der Waals surface area contributed by atoms with Crippen LogP contribution >= 0.6 is 47.1 Å². The fourth-order valence-corrected chi connectivity index (χ4v) is 4.16. The lowest BCUT2D eigenvalue weighted by Gasteiger charge is -2.07. The van der Waals surface area contributed by atoms with Crippen molar-refractivity contribution in [2.24, 2.45) is 5.73 Å². The molecular formula is C11H12N2OS4. The Labute approximate surface area is 123 Å². The SMILES string of the molecule is NC(=S)SCC(O)CSc1nc2ccccc2s1. The van der Waals surface area contributed by atoms with Gasteiger partial charge in [0, 0.05) is 11.5 Å². The number of thioether (sulfide) groups is 2. The van der Waals surface area contributed by atoms with Crippen molar-refractivity contribution in [1.82, 2.24) is 4.98 Å². The minimum Gasteiger partial charge on any atom is -0.391 e. The number of para-hydroxylation sites is 1. The van der Waals surface area contributed by atoms with Gasteiger partial charge in [-0.2, -0.15) is 0 Å². The molecular weight excluding hydrogens is 304 g/mol. The van der Waals surface area contributed by atoms with Crippen molar-refractivity contribution in [3.63, 3.8) is 0 Å². The number of aliphatic hydroxyl groups is 1. The molecule has 3 nitrogen and oxygen atoms in total. The first-order valence-corrected chi connectivity index (χ1v) is 8.43. The molecule has 0 aliphatic rings. The van der Waals surface area contributed by atoms with Crippen LogP contribution in [0.2, 0.25) is 0 Å². The van der Waals surface area contributed by atoms with Gasteiger partial charge in [-0.1, -0.05) is 47.9 Å². The molecule has 96 valence electrons. The summed E-state index contributed by atoms with van der Waals surface area (Å²) in [5.74, 6) is 1.14. The monoisotopic (exact) mass is 316 g/mol. The molecule has 0 fully saturated rings. The van der Waals surface area contributed by atoms with Gasteiger partial charge in [-0.15, -0.1) is 11.3 Å². The number of thiocarbonyl (C=S) groups is 1. The van der Waals surface area contributed by atoms with Crippen molar-refractivity contribution in [2.75, 3.05) is 11.5 Å². The van der Waals surface area contributed by atoms with E-state index in [0.29, 0.717) is 15.8 Å². The van der Waals surface area contributed by atoms with E-state index in [-0.39, 0.29) is 0 Å². The highest BCUT2D eigenvalue weighted by molar-refractivity contribution is 8.22. The third-order valence-electron chi connectivity index (χ3n) is 2.09. The van der Waals surface area contributed by atoms with Gasteiger partial charge in [0.1, 0.15) is 4.32 Å². The van der Waals surface area contributed by atoms with E-state index in [4.69, 9.17) is 18.0 Å². The van der Waals surface area contributed by atoms with Gasteiger partial charge in [-0.3, -0.25) is 0 Å². The van der Waals surface area contributed by atoms with E-state index in [1.165, 1.54) is 16.5 Å². The zero-order valence-corrected chi connectivity index (χ0v) is 12.7. The highest BCUT2D eigenvalue weighted by Crippen LogP contribution is 2.29. The summed E-state index contributed by atoms with van der Waals surface area (Å²) >= 11 is 9.27. The molecule has 0 saturated heterocycles. The summed E-state index contributed by atoms with van der Waals surface area (Å²) in [5, 5.41) is 9.75. The Balaban J connectivity index is 1.87. The predicted octanol–water partition coefficient (Wildman–Crippen LogP) is 2.73. The maximum Gasteiger partial charge on any atom is 0.151 e. The molecule has 2 rings (SSSR count). The lowest BCUT2D eigenvalue weighted by atomic mass is 10.3. The second kappa shape index (κ2) is 6.72. The van der Waals surface area contributed by atoms with Crippen LogP contribution < -0.4 is 5.73 Å². The second-order valence-electron chi connectivity index (χ2n) is 3.54. The Bertz CT molecular complexity index is 510.